The fraction of sp³-hybridized carbons (Fsp3) is 0.571. The summed E-state index contributed by atoms with van der Waals surface area (Å²) in [6.07, 6.45) is 2.41. The van der Waals surface area contributed by atoms with E-state index >= 15 is 0 Å². The van der Waals surface area contributed by atoms with Crippen LogP contribution < -0.4 is 5.32 Å². The topological polar surface area (TPSA) is 62.6 Å². The summed E-state index contributed by atoms with van der Waals surface area (Å²) in [6, 6.07) is 1.59. The predicted molar refractivity (Wildman–Crippen MR) is 72.9 cm³/mol. The Kier molecular flexibility index (Phi) is 5.60. The Balaban J connectivity index is 2.38. The van der Waals surface area contributed by atoms with E-state index < -0.39 is 0 Å². The highest BCUT2D eigenvalue weighted by Gasteiger charge is 2.14. The molecule has 0 radical (unpaired) electrons. The number of rotatable bonds is 6. The Morgan fingerprint density at radius 1 is 1.42 bits per heavy atom. The Hall–Kier alpha value is -1.78. The average Bonchev–Trinajstić information content (AvgIpc) is 2.78. The number of furan rings is 1. The quantitative estimate of drug-likeness (QED) is 0.854. The molecule has 1 heterocycles. The minimum absolute atomic E-state index is 0.0120. The molecule has 0 aromatic carbocycles. The van der Waals surface area contributed by atoms with Gasteiger partial charge in [-0.3, -0.25) is 9.59 Å². The average molecular weight is 266 g/mol. The monoisotopic (exact) mass is 266 g/mol. The van der Waals surface area contributed by atoms with Crippen molar-refractivity contribution in [2.45, 2.75) is 27.2 Å². The molecule has 1 aromatic rings. The molecule has 0 spiro atoms. The van der Waals surface area contributed by atoms with E-state index in [0.717, 1.165) is 6.42 Å². The maximum atomic E-state index is 11.8. The Bertz CT molecular complexity index is 438. The van der Waals surface area contributed by atoms with Crippen LogP contribution in [0.3, 0.4) is 0 Å². The largest absolute Gasteiger partial charge is 0.469 e. The summed E-state index contributed by atoms with van der Waals surface area (Å²) < 4.78 is 5.05. The number of carbonyl (C=O) groups excluding carboxylic acids is 2. The number of aryl methyl sites for hydroxylation is 1. The van der Waals surface area contributed by atoms with Crippen LogP contribution in [0.2, 0.25) is 0 Å². The molecule has 1 rings (SSSR count). The minimum Gasteiger partial charge on any atom is -0.469 e. The van der Waals surface area contributed by atoms with Crippen LogP contribution in [0.25, 0.3) is 0 Å². The second kappa shape index (κ2) is 6.97. The maximum absolute atomic E-state index is 11.8. The summed E-state index contributed by atoms with van der Waals surface area (Å²) in [5.41, 5.74) is 0.470. The molecule has 1 aromatic heterocycles. The van der Waals surface area contributed by atoms with E-state index in [9.17, 15) is 9.59 Å². The highest BCUT2D eigenvalue weighted by atomic mass is 16.3. The van der Waals surface area contributed by atoms with E-state index in [-0.39, 0.29) is 18.4 Å². The second-order valence-electron chi connectivity index (χ2n) is 5.07. The van der Waals surface area contributed by atoms with Gasteiger partial charge in [0.05, 0.1) is 18.4 Å². The third kappa shape index (κ3) is 4.77. The Morgan fingerprint density at radius 3 is 2.63 bits per heavy atom. The van der Waals surface area contributed by atoms with Crippen LogP contribution in [0.15, 0.2) is 16.7 Å². The van der Waals surface area contributed by atoms with Crippen LogP contribution in [0.4, 0.5) is 0 Å². The molecule has 0 saturated heterocycles. The molecule has 0 aliphatic rings. The van der Waals surface area contributed by atoms with Gasteiger partial charge in [-0.25, -0.2) is 0 Å². The fourth-order valence-electron chi connectivity index (χ4n) is 1.58. The first-order valence-electron chi connectivity index (χ1n) is 6.48. The number of amides is 2. The Labute approximate surface area is 114 Å². The van der Waals surface area contributed by atoms with E-state index in [1.54, 1.807) is 24.9 Å². The van der Waals surface area contributed by atoms with Crippen LogP contribution in [-0.4, -0.2) is 36.9 Å². The first-order chi connectivity index (χ1) is 8.91. The molecule has 1 N–H and O–H groups in total. The summed E-state index contributed by atoms with van der Waals surface area (Å²) >= 11 is 0. The van der Waals surface area contributed by atoms with Gasteiger partial charge in [0, 0.05) is 13.6 Å². The van der Waals surface area contributed by atoms with E-state index in [1.807, 2.05) is 0 Å². The SMILES string of the molecule is Cc1occc1C(=O)NCC(=O)N(C)CCC(C)C. The zero-order valence-corrected chi connectivity index (χ0v) is 12.0. The number of nitrogens with zero attached hydrogens (tertiary/aromatic N) is 1. The minimum atomic E-state index is -0.281. The lowest BCUT2D eigenvalue weighted by atomic mass is 10.1. The van der Waals surface area contributed by atoms with Crippen molar-refractivity contribution in [3.63, 3.8) is 0 Å². The molecule has 0 bridgehead atoms. The van der Waals surface area contributed by atoms with Gasteiger partial charge in [-0.1, -0.05) is 13.8 Å². The lowest BCUT2D eigenvalue weighted by Crippen LogP contribution is -2.38. The maximum Gasteiger partial charge on any atom is 0.255 e. The fourth-order valence-corrected chi connectivity index (χ4v) is 1.58. The van der Waals surface area contributed by atoms with Crippen LogP contribution in [0, 0.1) is 12.8 Å². The van der Waals surface area contributed by atoms with Crippen LogP contribution in [-0.2, 0) is 4.79 Å². The van der Waals surface area contributed by atoms with Gasteiger partial charge in [-0.05, 0) is 25.3 Å². The van der Waals surface area contributed by atoms with E-state index in [1.165, 1.54) is 6.26 Å². The van der Waals surface area contributed by atoms with E-state index in [2.05, 4.69) is 19.2 Å². The van der Waals surface area contributed by atoms with Crippen molar-refractivity contribution in [3.05, 3.63) is 23.7 Å². The number of hydrogen-bond donors (Lipinski definition) is 1. The highest BCUT2D eigenvalue weighted by molar-refractivity contribution is 5.97. The molecule has 0 saturated carbocycles. The molecule has 0 fully saturated rings. The molecule has 0 unspecified atom stereocenters. The lowest BCUT2D eigenvalue weighted by molar-refractivity contribution is -0.128. The van der Waals surface area contributed by atoms with Crippen LogP contribution in [0.5, 0.6) is 0 Å². The number of likely N-dealkylation sites (N-methyl/N-ethyl adjacent to an activating group) is 1. The van der Waals surface area contributed by atoms with Crippen molar-refractivity contribution in [2.75, 3.05) is 20.1 Å². The van der Waals surface area contributed by atoms with Gasteiger partial charge in [-0.2, -0.15) is 0 Å². The molecule has 19 heavy (non-hydrogen) atoms. The van der Waals surface area contributed by atoms with Gasteiger partial charge >= 0.3 is 0 Å². The normalized spacial score (nSPS) is 10.6. The predicted octanol–water partition coefficient (Wildman–Crippen LogP) is 1.82. The van der Waals surface area contributed by atoms with Gasteiger partial charge in [0.25, 0.3) is 5.91 Å². The molecular weight excluding hydrogens is 244 g/mol. The van der Waals surface area contributed by atoms with Crippen molar-refractivity contribution in [1.29, 1.82) is 0 Å². The summed E-state index contributed by atoms with van der Waals surface area (Å²) in [6.45, 7) is 6.66. The van der Waals surface area contributed by atoms with Crippen molar-refractivity contribution >= 4 is 11.8 Å². The molecule has 0 atom stereocenters. The standard InChI is InChI=1S/C14H22N2O3/c1-10(2)5-7-16(4)13(17)9-15-14(18)12-6-8-19-11(12)3/h6,8,10H,5,7,9H2,1-4H3,(H,15,18). The first kappa shape index (κ1) is 15.3. The molecule has 2 amide bonds. The zero-order valence-electron chi connectivity index (χ0n) is 12.0. The highest BCUT2D eigenvalue weighted by Crippen LogP contribution is 2.08. The number of nitrogens with one attached hydrogen (secondary N) is 1. The van der Waals surface area contributed by atoms with Gasteiger partial charge in [0.1, 0.15) is 5.76 Å². The van der Waals surface area contributed by atoms with Gasteiger partial charge in [0.2, 0.25) is 5.91 Å². The zero-order chi connectivity index (χ0) is 14.4. The molecule has 0 aliphatic carbocycles. The smallest absolute Gasteiger partial charge is 0.255 e. The lowest BCUT2D eigenvalue weighted by Gasteiger charge is -2.18. The van der Waals surface area contributed by atoms with E-state index in [4.69, 9.17) is 4.42 Å². The van der Waals surface area contributed by atoms with Crippen LogP contribution in [0.1, 0.15) is 36.4 Å². The van der Waals surface area contributed by atoms with Crippen molar-refractivity contribution in [2.24, 2.45) is 5.92 Å². The van der Waals surface area contributed by atoms with Crippen molar-refractivity contribution < 1.29 is 14.0 Å². The van der Waals surface area contributed by atoms with Crippen LogP contribution >= 0.6 is 0 Å². The Morgan fingerprint density at radius 2 is 2.11 bits per heavy atom. The van der Waals surface area contributed by atoms with Gasteiger partial charge < -0.3 is 14.6 Å². The van der Waals surface area contributed by atoms with Crippen molar-refractivity contribution in [3.8, 4) is 0 Å². The molecule has 106 valence electrons. The number of hydrogen-bond acceptors (Lipinski definition) is 3. The number of carbonyl (C=O) groups is 2. The molecular formula is C14H22N2O3. The second-order valence-corrected chi connectivity index (χ2v) is 5.07. The molecule has 5 heteroatoms. The van der Waals surface area contributed by atoms with Crippen molar-refractivity contribution in [1.82, 2.24) is 10.2 Å². The summed E-state index contributed by atoms with van der Waals surface area (Å²) in [5.74, 6) is 0.739. The van der Waals surface area contributed by atoms with Gasteiger partial charge in [-0.15, -0.1) is 0 Å². The van der Waals surface area contributed by atoms with Gasteiger partial charge in [0.15, 0.2) is 0 Å². The van der Waals surface area contributed by atoms with E-state index in [0.29, 0.717) is 23.8 Å². The summed E-state index contributed by atoms with van der Waals surface area (Å²) in [7, 11) is 1.75. The summed E-state index contributed by atoms with van der Waals surface area (Å²) in [5, 5.41) is 2.60. The molecule has 0 aliphatic heterocycles. The molecule has 5 nitrogen and oxygen atoms in total. The summed E-state index contributed by atoms with van der Waals surface area (Å²) in [4.78, 5) is 25.2. The first-order valence-corrected chi connectivity index (χ1v) is 6.48. The third-order valence-corrected chi connectivity index (χ3v) is 2.97. The third-order valence-electron chi connectivity index (χ3n) is 2.97.